The first-order chi connectivity index (χ1) is 15.9. The number of rotatable bonds is 9. The van der Waals surface area contributed by atoms with Gasteiger partial charge in [-0.3, -0.25) is 4.79 Å². The van der Waals surface area contributed by atoms with Gasteiger partial charge in [-0.05, 0) is 42.8 Å². The highest BCUT2D eigenvalue weighted by Gasteiger charge is 2.19. The predicted molar refractivity (Wildman–Crippen MR) is 116 cm³/mol. The Morgan fingerprint density at radius 2 is 1.85 bits per heavy atom. The molecule has 1 aliphatic rings. The molecule has 1 aliphatic heterocycles. The number of ether oxygens (including phenoxy) is 3. The fourth-order valence-electron chi connectivity index (χ4n) is 2.96. The summed E-state index contributed by atoms with van der Waals surface area (Å²) < 4.78 is 48.3. The van der Waals surface area contributed by atoms with Crippen LogP contribution in [-0.4, -0.2) is 44.3 Å². The van der Waals surface area contributed by atoms with Crippen LogP contribution in [0, 0.1) is 0 Å². The molecule has 0 amide bonds. The first-order valence-electron chi connectivity index (χ1n) is 10.0. The molecule has 33 heavy (non-hydrogen) atoms. The second-order valence-electron chi connectivity index (χ2n) is 6.99. The van der Waals surface area contributed by atoms with Crippen molar-refractivity contribution >= 4 is 27.6 Å². The summed E-state index contributed by atoms with van der Waals surface area (Å²) in [5.74, 6) is 0.871. The van der Waals surface area contributed by atoms with Crippen molar-refractivity contribution in [2.75, 3.05) is 19.8 Å². The fourth-order valence-corrected chi connectivity index (χ4v) is 4.17. The second-order valence-corrected chi connectivity index (χ2v) is 9.19. The summed E-state index contributed by atoms with van der Waals surface area (Å²) in [7, 11) is -3.75. The zero-order valence-corrected chi connectivity index (χ0v) is 18.9. The number of aromatic nitrogens is 2. The van der Waals surface area contributed by atoms with Crippen molar-refractivity contribution in [1.29, 1.82) is 0 Å². The van der Waals surface area contributed by atoms with Crippen molar-refractivity contribution in [3.63, 3.8) is 0 Å². The highest BCUT2D eigenvalue weighted by atomic mass is 35.5. The highest BCUT2D eigenvalue weighted by Crippen LogP contribution is 2.32. The Bertz CT molecular complexity index is 1230. The van der Waals surface area contributed by atoms with Gasteiger partial charge in [-0.1, -0.05) is 16.8 Å². The van der Waals surface area contributed by atoms with Crippen molar-refractivity contribution < 1.29 is 31.9 Å². The maximum atomic E-state index is 12.5. The third-order valence-corrected chi connectivity index (χ3v) is 6.31. The summed E-state index contributed by atoms with van der Waals surface area (Å²) in [5, 5.41) is 4.43. The lowest BCUT2D eigenvalue weighted by molar-refractivity contribution is -0.145. The monoisotopic (exact) mass is 493 g/mol. The van der Waals surface area contributed by atoms with E-state index in [1.807, 2.05) is 0 Å². The number of esters is 1. The minimum absolute atomic E-state index is 0.0157. The van der Waals surface area contributed by atoms with E-state index < -0.39 is 16.0 Å². The van der Waals surface area contributed by atoms with E-state index in [9.17, 15) is 13.2 Å². The van der Waals surface area contributed by atoms with Gasteiger partial charge in [0.1, 0.15) is 13.2 Å². The molecule has 0 aliphatic carbocycles. The SMILES string of the molecule is O=C(CCCNS(=O)(=O)c1ccc2c(c1)OCCO2)OCc1nc(-c2ccc(Cl)cc2)no1. The first-order valence-corrected chi connectivity index (χ1v) is 11.9. The van der Waals surface area contributed by atoms with Crippen LogP contribution < -0.4 is 14.2 Å². The van der Waals surface area contributed by atoms with Crippen LogP contribution in [0.3, 0.4) is 0 Å². The van der Waals surface area contributed by atoms with Gasteiger partial charge in [-0.25, -0.2) is 13.1 Å². The van der Waals surface area contributed by atoms with Gasteiger partial charge in [0, 0.05) is 29.6 Å². The summed E-state index contributed by atoms with van der Waals surface area (Å²) in [6.07, 6.45) is 0.268. The van der Waals surface area contributed by atoms with E-state index in [-0.39, 0.29) is 36.8 Å². The average molecular weight is 494 g/mol. The quantitative estimate of drug-likeness (QED) is 0.353. The zero-order chi connectivity index (χ0) is 23.3. The van der Waals surface area contributed by atoms with Crippen LogP contribution in [0.1, 0.15) is 18.7 Å². The van der Waals surface area contributed by atoms with Crippen LogP contribution in [0.15, 0.2) is 51.9 Å². The minimum Gasteiger partial charge on any atom is -0.486 e. The maximum Gasteiger partial charge on any atom is 0.306 e. The van der Waals surface area contributed by atoms with Crippen molar-refractivity contribution in [2.24, 2.45) is 0 Å². The molecule has 0 spiro atoms. The summed E-state index contributed by atoms with van der Waals surface area (Å²) in [6.45, 7) is 0.664. The number of halogens is 1. The minimum atomic E-state index is -3.75. The van der Waals surface area contributed by atoms with Gasteiger partial charge in [0.05, 0.1) is 4.90 Å². The van der Waals surface area contributed by atoms with Crippen LogP contribution in [0.25, 0.3) is 11.4 Å². The normalized spacial score (nSPS) is 13.0. The van der Waals surface area contributed by atoms with E-state index >= 15 is 0 Å². The largest absolute Gasteiger partial charge is 0.486 e. The van der Waals surface area contributed by atoms with Crippen molar-refractivity contribution in [1.82, 2.24) is 14.9 Å². The average Bonchev–Trinajstić information content (AvgIpc) is 3.30. The van der Waals surface area contributed by atoms with Crippen LogP contribution in [0.2, 0.25) is 5.02 Å². The predicted octanol–water partition coefficient (Wildman–Crippen LogP) is 2.96. The molecule has 0 saturated heterocycles. The molecule has 1 N–H and O–H groups in total. The number of nitrogens with one attached hydrogen (secondary N) is 1. The van der Waals surface area contributed by atoms with E-state index in [2.05, 4.69) is 14.9 Å². The Hall–Kier alpha value is -3.15. The molecule has 0 radical (unpaired) electrons. The Kier molecular flexibility index (Phi) is 7.11. The summed E-state index contributed by atoms with van der Waals surface area (Å²) in [5.41, 5.74) is 0.714. The van der Waals surface area contributed by atoms with Gasteiger partial charge < -0.3 is 18.7 Å². The van der Waals surface area contributed by atoms with E-state index in [0.29, 0.717) is 41.1 Å². The van der Waals surface area contributed by atoms with Gasteiger partial charge in [-0.2, -0.15) is 4.98 Å². The number of hydrogen-bond donors (Lipinski definition) is 1. The lowest BCUT2D eigenvalue weighted by Gasteiger charge is -2.18. The molecule has 0 saturated carbocycles. The molecule has 0 bridgehead atoms. The molecule has 4 rings (SSSR count). The topological polar surface area (TPSA) is 130 Å². The van der Waals surface area contributed by atoms with Crippen LogP contribution in [0.5, 0.6) is 11.5 Å². The van der Waals surface area contributed by atoms with E-state index in [1.54, 1.807) is 30.3 Å². The van der Waals surface area contributed by atoms with E-state index in [1.165, 1.54) is 12.1 Å². The molecular weight excluding hydrogens is 474 g/mol. The molecule has 12 heteroatoms. The molecule has 0 atom stereocenters. The third-order valence-electron chi connectivity index (χ3n) is 4.60. The van der Waals surface area contributed by atoms with Crippen molar-refractivity contribution in [2.45, 2.75) is 24.3 Å². The standard InChI is InChI=1S/C21H20ClN3O7S/c22-15-5-3-14(4-6-15)21-24-19(32-25-21)13-31-20(26)2-1-9-23-33(27,28)16-7-8-17-18(12-16)30-11-10-29-17/h3-8,12,23H,1-2,9-11,13H2. The Morgan fingerprint density at radius 1 is 1.09 bits per heavy atom. The van der Waals surface area contributed by atoms with E-state index in [4.69, 9.17) is 30.3 Å². The van der Waals surface area contributed by atoms with Crippen LogP contribution >= 0.6 is 11.6 Å². The number of benzene rings is 2. The van der Waals surface area contributed by atoms with Crippen LogP contribution in [-0.2, 0) is 26.2 Å². The molecule has 2 aromatic carbocycles. The highest BCUT2D eigenvalue weighted by molar-refractivity contribution is 7.89. The van der Waals surface area contributed by atoms with Gasteiger partial charge >= 0.3 is 5.97 Å². The lowest BCUT2D eigenvalue weighted by atomic mass is 10.2. The Morgan fingerprint density at radius 3 is 2.64 bits per heavy atom. The van der Waals surface area contributed by atoms with Crippen molar-refractivity contribution in [3.8, 4) is 22.9 Å². The van der Waals surface area contributed by atoms with Crippen LogP contribution in [0.4, 0.5) is 0 Å². The Balaban J connectivity index is 1.20. The number of carbonyl (C=O) groups excluding carboxylic acids is 1. The number of fused-ring (bicyclic) bond motifs is 1. The first kappa shape index (κ1) is 23.0. The van der Waals surface area contributed by atoms with Crippen molar-refractivity contribution in [3.05, 3.63) is 53.4 Å². The number of carbonyl (C=O) groups is 1. The number of sulfonamides is 1. The third kappa shape index (κ3) is 6.01. The van der Waals surface area contributed by atoms with Gasteiger partial charge in [0.25, 0.3) is 5.89 Å². The van der Waals surface area contributed by atoms with Gasteiger partial charge in [-0.15, -0.1) is 0 Å². The fraction of sp³-hybridized carbons (Fsp3) is 0.286. The molecule has 1 aromatic heterocycles. The summed E-state index contributed by atoms with van der Waals surface area (Å²) in [4.78, 5) is 16.2. The van der Waals surface area contributed by atoms with Gasteiger partial charge in [0.2, 0.25) is 15.8 Å². The molecule has 174 valence electrons. The number of hydrogen-bond acceptors (Lipinski definition) is 9. The lowest BCUT2D eigenvalue weighted by Crippen LogP contribution is -2.25. The van der Waals surface area contributed by atoms with E-state index in [0.717, 1.165) is 0 Å². The second kappa shape index (κ2) is 10.2. The molecule has 0 unspecified atom stereocenters. The summed E-state index contributed by atoms with van der Waals surface area (Å²) in [6, 6.07) is 11.3. The zero-order valence-electron chi connectivity index (χ0n) is 17.3. The number of nitrogens with zero attached hydrogens (tertiary/aromatic N) is 2. The molecule has 2 heterocycles. The molecule has 10 nitrogen and oxygen atoms in total. The Labute approximate surface area is 194 Å². The van der Waals surface area contributed by atoms with Gasteiger partial charge in [0.15, 0.2) is 18.1 Å². The molecular formula is C21H20ClN3O7S. The maximum absolute atomic E-state index is 12.5. The summed E-state index contributed by atoms with van der Waals surface area (Å²) >= 11 is 5.85. The molecule has 3 aromatic rings. The smallest absolute Gasteiger partial charge is 0.306 e. The molecule has 0 fully saturated rings.